The monoisotopic (exact) mass is 522 g/mol. The molecule has 24 heteroatoms. The molecule has 0 aliphatic carbocycles. The second-order valence-corrected chi connectivity index (χ2v) is 14.2. The topological polar surface area (TPSA) is 92.6 Å². The first kappa shape index (κ1) is 24.6. The van der Waals surface area contributed by atoms with Gasteiger partial charge in [-0.25, -0.2) is 0 Å². The highest BCUT2D eigenvalue weighted by atomic mass is 31.3. The van der Waals surface area contributed by atoms with Crippen molar-refractivity contribution < 1.29 is 51.0 Å². The van der Waals surface area contributed by atoms with Gasteiger partial charge < -0.3 is 9.05 Å². The zero-order chi connectivity index (χ0) is 20.7. The Bertz CT molecular complexity index is 882. The SMILES string of the molecule is COP1(F)=NP(F)(F)=NP(F)(F)=NP(F)(F)=NP(F)(F)=NP(F)(OC)=N1. The minimum atomic E-state index is -6.95. The van der Waals surface area contributed by atoms with Gasteiger partial charge in [-0.3, -0.25) is 0 Å². The van der Waals surface area contributed by atoms with Crippen molar-refractivity contribution in [3.05, 3.63) is 0 Å². The molecule has 0 saturated heterocycles. The number of rotatable bonds is 2. The molecule has 2 atom stereocenters. The summed E-state index contributed by atoms with van der Waals surface area (Å²) >= 11 is 0. The Morgan fingerprint density at radius 3 is 1.04 bits per heavy atom. The van der Waals surface area contributed by atoms with E-state index in [0.29, 0.717) is 14.2 Å². The van der Waals surface area contributed by atoms with E-state index in [1.54, 1.807) is 0 Å². The van der Waals surface area contributed by atoms with Crippen molar-refractivity contribution >= 4 is 46.8 Å². The standard InChI is InChI=1S/C2H6F10N6O2P6/c1-19-25(11)16-23(7,8)14-21(3,4)13-22(5,6)15-24(9,10)17-26(12,18-25)20-2/h1-2H3. The third kappa shape index (κ3) is 7.55. The first-order chi connectivity index (χ1) is 11.4. The van der Waals surface area contributed by atoms with Crippen LogP contribution >= 0.6 is 46.8 Å². The average molecular weight is 522 g/mol. The van der Waals surface area contributed by atoms with Crippen LogP contribution in [0.3, 0.4) is 0 Å². The summed E-state index contributed by atoms with van der Waals surface area (Å²) in [6.07, 6.45) is 0. The Labute approximate surface area is 140 Å². The van der Waals surface area contributed by atoms with Crippen LogP contribution in [0, 0.1) is 0 Å². The summed E-state index contributed by atoms with van der Waals surface area (Å²) in [4.78, 5) is 0. The Balaban J connectivity index is 4.17. The van der Waals surface area contributed by atoms with Crippen LogP contribution in [0.15, 0.2) is 27.1 Å². The van der Waals surface area contributed by atoms with Gasteiger partial charge in [0.1, 0.15) is 0 Å². The van der Waals surface area contributed by atoms with Gasteiger partial charge in [-0.2, -0.15) is 8.39 Å². The Hall–Kier alpha value is 0.600. The molecular weight excluding hydrogens is 516 g/mol. The van der Waals surface area contributed by atoms with Gasteiger partial charge in [0.2, 0.25) is 0 Å². The number of nitrogens with zero attached hydrogens (tertiary/aromatic N) is 6. The van der Waals surface area contributed by atoms with E-state index in [0.717, 1.165) is 0 Å². The van der Waals surface area contributed by atoms with Crippen molar-refractivity contribution in [2.75, 3.05) is 14.2 Å². The van der Waals surface area contributed by atoms with Crippen molar-refractivity contribution in [3.8, 4) is 0 Å². The molecule has 0 spiro atoms. The lowest BCUT2D eigenvalue weighted by atomic mass is 11.8. The first-order valence-electron chi connectivity index (χ1n) is 5.27. The highest BCUT2D eigenvalue weighted by Gasteiger charge is 2.40. The number of hydrogen-bond donors (Lipinski definition) is 0. The molecule has 1 aliphatic heterocycles. The van der Waals surface area contributed by atoms with Crippen molar-refractivity contribution in [2.24, 2.45) is 27.1 Å². The minimum Gasteiger partial charge on any atom is -0.306 e. The van der Waals surface area contributed by atoms with Crippen LogP contribution in [0.5, 0.6) is 0 Å². The van der Waals surface area contributed by atoms with Crippen molar-refractivity contribution in [1.29, 1.82) is 0 Å². The quantitative estimate of drug-likeness (QED) is 0.267. The summed E-state index contributed by atoms with van der Waals surface area (Å²) in [5.74, 6) is 0. The Kier molecular flexibility index (Phi) is 7.38. The lowest BCUT2D eigenvalue weighted by Crippen LogP contribution is -1.79. The lowest BCUT2D eigenvalue weighted by molar-refractivity contribution is 0.408. The molecule has 2 unspecified atom stereocenters. The summed E-state index contributed by atoms with van der Waals surface area (Å²) in [7, 11) is -38.6. The lowest BCUT2D eigenvalue weighted by Gasteiger charge is -2.14. The normalized spacial score (nSPS) is 35.5. The smallest absolute Gasteiger partial charge is 0.306 e. The van der Waals surface area contributed by atoms with Crippen LogP contribution < -0.4 is 0 Å². The average Bonchev–Trinajstić information content (AvgIpc) is 2.30. The molecule has 156 valence electrons. The summed E-state index contributed by atoms with van der Waals surface area (Å²) in [5.41, 5.74) is 0. The van der Waals surface area contributed by atoms with Crippen LogP contribution in [-0.2, 0) is 9.05 Å². The van der Waals surface area contributed by atoms with E-state index in [1.165, 1.54) is 13.5 Å². The largest absolute Gasteiger partial charge is 0.425 e. The predicted molar refractivity (Wildman–Crippen MR) is 81.2 cm³/mol. The van der Waals surface area contributed by atoms with Gasteiger partial charge >= 0.3 is 46.8 Å². The Morgan fingerprint density at radius 2 is 0.692 bits per heavy atom. The molecule has 0 N–H and O–H groups in total. The molecule has 0 bridgehead atoms. The van der Waals surface area contributed by atoms with E-state index < -0.39 is 46.8 Å². The molecular formula is C2H6F10N6O2P6. The summed E-state index contributed by atoms with van der Waals surface area (Å²) in [5, 5.41) is 0. The molecule has 0 saturated carbocycles. The maximum absolute atomic E-state index is 14.1. The molecule has 1 rings (SSSR count). The molecule has 0 aromatic carbocycles. The van der Waals surface area contributed by atoms with Crippen LogP contribution in [0.1, 0.15) is 0 Å². The van der Waals surface area contributed by atoms with Crippen molar-refractivity contribution in [3.63, 3.8) is 0 Å². The molecule has 1 aliphatic rings. The van der Waals surface area contributed by atoms with Gasteiger partial charge in [0.15, 0.2) is 0 Å². The van der Waals surface area contributed by atoms with E-state index in [1.807, 2.05) is 9.03 Å². The molecule has 0 radical (unpaired) electrons. The van der Waals surface area contributed by atoms with Gasteiger partial charge in [0.25, 0.3) is 0 Å². The maximum Gasteiger partial charge on any atom is 0.425 e. The third-order valence-corrected chi connectivity index (χ3v) is 13.1. The van der Waals surface area contributed by atoms with Gasteiger partial charge in [-0.15, -0.1) is 60.7 Å². The highest BCUT2D eigenvalue weighted by Crippen LogP contribution is 2.82. The molecule has 8 nitrogen and oxygen atoms in total. The fourth-order valence-electron chi connectivity index (χ4n) is 1.04. The van der Waals surface area contributed by atoms with Gasteiger partial charge in [0.05, 0.1) is 0 Å². The van der Waals surface area contributed by atoms with E-state index in [-0.39, 0.29) is 0 Å². The van der Waals surface area contributed by atoms with Crippen molar-refractivity contribution in [2.45, 2.75) is 0 Å². The van der Waals surface area contributed by atoms with Crippen molar-refractivity contribution in [1.82, 2.24) is 0 Å². The molecule has 0 fully saturated rings. The molecule has 0 aromatic heterocycles. The van der Waals surface area contributed by atoms with E-state index in [9.17, 15) is 42.0 Å². The Morgan fingerprint density at radius 1 is 0.423 bits per heavy atom. The van der Waals surface area contributed by atoms with Crippen LogP contribution in [0.4, 0.5) is 42.0 Å². The molecule has 0 amide bonds. The molecule has 26 heavy (non-hydrogen) atoms. The second kappa shape index (κ2) is 7.79. The first-order valence-corrected chi connectivity index (χ1v) is 14.2. The highest BCUT2D eigenvalue weighted by molar-refractivity contribution is 7.78. The number of halogens is 10. The fourth-order valence-corrected chi connectivity index (χ4v) is 11.3. The fraction of sp³-hybridized carbons (Fsp3) is 1.00. The molecule has 0 aromatic rings. The predicted octanol–water partition coefficient (Wildman–Crippen LogP) is 10.7. The van der Waals surface area contributed by atoms with Gasteiger partial charge in [-0.05, 0) is 0 Å². The zero-order valence-electron chi connectivity index (χ0n) is 12.0. The summed E-state index contributed by atoms with van der Waals surface area (Å²) in [6, 6.07) is 0. The zero-order valence-corrected chi connectivity index (χ0v) is 17.3. The van der Waals surface area contributed by atoms with Crippen LogP contribution in [0.2, 0.25) is 0 Å². The van der Waals surface area contributed by atoms with Crippen LogP contribution in [0.25, 0.3) is 0 Å². The van der Waals surface area contributed by atoms with E-state index in [4.69, 9.17) is 0 Å². The maximum atomic E-state index is 14.1. The van der Waals surface area contributed by atoms with E-state index >= 15 is 0 Å². The molecule has 1 heterocycles. The summed E-state index contributed by atoms with van der Waals surface area (Å²) in [6.45, 7) is 0. The minimum absolute atomic E-state index is 0.293. The van der Waals surface area contributed by atoms with Gasteiger partial charge in [0, 0.05) is 14.2 Å². The van der Waals surface area contributed by atoms with Gasteiger partial charge in [-0.1, -0.05) is 0 Å². The third-order valence-electron chi connectivity index (χ3n) is 1.77. The second-order valence-electron chi connectivity index (χ2n) is 3.67. The number of hydrogen-bond acceptors (Lipinski definition) is 8. The van der Waals surface area contributed by atoms with Crippen LogP contribution in [-0.4, -0.2) is 14.2 Å². The summed E-state index contributed by atoms with van der Waals surface area (Å²) < 4.78 is 152. The van der Waals surface area contributed by atoms with E-state index in [2.05, 4.69) is 13.6 Å².